The lowest BCUT2D eigenvalue weighted by molar-refractivity contribution is 0.0695. The van der Waals surface area contributed by atoms with Crippen molar-refractivity contribution in [1.29, 1.82) is 0 Å². The number of rotatable bonds is 5. The number of likely N-dealkylation sites (tertiary alicyclic amines) is 1. The summed E-state index contributed by atoms with van der Waals surface area (Å²) in [5.41, 5.74) is 1.75. The second-order valence-corrected chi connectivity index (χ2v) is 6.31. The number of hydrogen-bond acceptors (Lipinski definition) is 3. The van der Waals surface area contributed by atoms with Crippen LogP contribution >= 0.6 is 0 Å². The van der Waals surface area contributed by atoms with Crippen LogP contribution in [0.3, 0.4) is 0 Å². The van der Waals surface area contributed by atoms with Crippen molar-refractivity contribution < 1.29 is 14.3 Å². The van der Waals surface area contributed by atoms with Crippen LogP contribution in [0.4, 0.5) is 4.39 Å². The van der Waals surface area contributed by atoms with Crippen LogP contribution < -0.4 is 0 Å². The van der Waals surface area contributed by atoms with Crippen LogP contribution in [0.1, 0.15) is 40.5 Å². The predicted molar refractivity (Wildman–Crippen MR) is 88.7 cm³/mol. The highest BCUT2D eigenvalue weighted by atomic mass is 19.1. The lowest BCUT2D eigenvalue weighted by Gasteiger charge is -2.32. The molecule has 3 rings (SSSR count). The zero-order valence-corrected chi connectivity index (χ0v) is 13.8. The van der Waals surface area contributed by atoms with Crippen LogP contribution in [-0.2, 0) is 6.42 Å². The fraction of sp³-hybridized carbons (Fsp3) is 0.444. The summed E-state index contributed by atoms with van der Waals surface area (Å²) >= 11 is 0. The summed E-state index contributed by atoms with van der Waals surface area (Å²) in [5.74, 6) is -1.07. The number of piperidine rings is 1. The summed E-state index contributed by atoms with van der Waals surface area (Å²) in [6.45, 7) is 4.48. The van der Waals surface area contributed by atoms with Gasteiger partial charge in [-0.25, -0.2) is 9.18 Å². The molecule has 6 heteroatoms. The van der Waals surface area contributed by atoms with Crippen molar-refractivity contribution >= 4 is 5.97 Å². The molecule has 1 aliphatic rings. The van der Waals surface area contributed by atoms with Gasteiger partial charge >= 0.3 is 5.97 Å². The van der Waals surface area contributed by atoms with Crippen molar-refractivity contribution in [1.82, 2.24) is 14.7 Å². The molecule has 2 heterocycles. The van der Waals surface area contributed by atoms with Crippen molar-refractivity contribution in [2.24, 2.45) is 0 Å². The van der Waals surface area contributed by atoms with E-state index in [0.29, 0.717) is 12.1 Å². The predicted octanol–water partition coefficient (Wildman–Crippen LogP) is 2.91. The standard InChI is InChI=1S/C18H22FN3O2/c1-13-16(18(23)24)12-20-22(13)15-7-10-21(11-8-15)9-6-14-4-2-3-5-17(14)19/h2-5,12,15H,6-11H2,1H3,(H,23,24). The van der Waals surface area contributed by atoms with Gasteiger partial charge in [-0.1, -0.05) is 18.2 Å². The Morgan fingerprint density at radius 1 is 1.33 bits per heavy atom. The van der Waals surface area contributed by atoms with Gasteiger partial charge in [-0.15, -0.1) is 0 Å². The molecule has 1 aromatic carbocycles. The molecule has 1 fully saturated rings. The Hall–Kier alpha value is -2.21. The Morgan fingerprint density at radius 3 is 2.67 bits per heavy atom. The van der Waals surface area contributed by atoms with E-state index in [2.05, 4.69) is 10.00 Å². The van der Waals surface area contributed by atoms with Gasteiger partial charge in [0.15, 0.2) is 0 Å². The van der Waals surface area contributed by atoms with Gasteiger partial charge in [-0.05, 0) is 37.8 Å². The summed E-state index contributed by atoms with van der Waals surface area (Å²) in [7, 11) is 0. The molecule has 1 N–H and O–H groups in total. The molecule has 1 aromatic heterocycles. The third-order valence-corrected chi connectivity index (χ3v) is 4.83. The van der Waals surface area contributed by atoms with E-state index in [4.69, 9.17) is 5.11 Å². The number of aromatic carboxylic acids is 1. The third-order valence-electron chi connectivity index (χ3n) is 4.83. The first-order valence-electron chi connectivity index (χ1n) is 8.29. The van der Waals surface area contributed by atoms with Crippen molar-refractivity contribution in [3.63, 3.8) is 0 Å². The topological polar surface area (TPSA) is 58.4 Å². The van der Waals surface area contributed by atoms with Gasteiger partial charge in [-0.3, -0.25) is 4.68 Å². The van der Waals surface area contributed by atoms with Gasteiger partial charge in [-0.2, -0.15) is 5.10 Å². The average Bonchev–Trinajstić information content (AvgIpc) is 2.96. The van der Waals surface area contributed by atoms with E-state index in [9.17, 15) is 9.18 Å². The third kappa shape index (κ3) is 3.48. The van der Waals surface area contributed by atoms with E-state index in [0.717, 1.165) is 38.0 Å². The summed E-state index contributed by atoms with van der Waals surface area (Å²) in [5, 5.41) is 13.4. The van der Waals surface area contributed by atoms with Gasteiger partial charge < -0.3 is 10.0 Å². The molecular weight excluding hydrogens is 309 g/mol. The largest absolute Gasteiger partial charge is 0.478 e. The molecule has 0 saturated carbocycles. The second kappa shape index (κ2) is 7.13. The number of carboxylic acid groups (broad SMARTS) is 1. The van der Waals surface area contributed by atoms with E-state index in [1.807, 2.05) is 16.8 Å². The summed E-state index contributed by atoms with van der Waals surface area (Å²) in [6.07, 6.45) is 4.00. The number of carbonyl (C=O) groups is 1. The van der Waals surface area contributed by atoms with Crippen molar-refractivity contribution in [2.45, 2.75) is 32.2 Å². The fourth-order valence-electron chi connectivity index (χ4n) is 3.37. The molecule has 0 atom stereocenters. The molecule has 0 unspecified atom stereocenters. The monoisotopic (exact) mass is 331 g/mol. The molecular formula is C18H22FN3O2. The van der Waals surface area contributed by atoms with Crippen LogP contribution in [0.25, 0.3) is 0 Å². The van der Waals surface area contributed by atoms with E-state index >= 15 is 0 Å². The first-order chi connectivity index (χ1) is 11.6. The van der Waals surface area contributed by atoms with E-state index < -0.39 is 5.97 Å². The molecule has 128 valence electrons. The van der Waals surface area contributed by atoms with Crippen molar-refractivity contribution in [3.8, 4) is 0 Å². The lowest BCUT2D eigenvalue weighted by atomic mass is 10.0. The number of halogens is 1. The SMILES string of the molecule is Cc1c(C(=O)O)cnn1C1CCN(CCc2ccccc2F)CC1. The molecule has 1 aliphatic heterocycles. The van der Waals surface area contributed by atoms with Gasteiger partial charge in [0.2, 0.25) is 0 Å². The number of carboxylic acids is 1. The normalized spacial score (nSPS) is 16.4. The van der Waals surface area contributed by atoms with E-state index in [-0.39, 0.29) is 17.4 Å². The van der Waals surface area contributed by atoms with E-state index in [1.54, 1.807) is 13.0 Å². The Labute approximate surface area is 140 Å². The van der Waals surface area contributed by atoms with Crippen molar-refractivity contribution in [3.05, 3.63) is 53.1 Å². The zero-order valence-electron chi connectivity index (χ0n) is 13.8. The Bertz CT molecular complexity index is 721. The fourth-order valence-corrected chi connectivity index (χ4v) is 3.37. The molecule has 1 saturated heterocycles. The smallest absolute Gasteiger partial charge is 0.339 e. The van der Waals surface area contributed by atoms with Crippen LogP contribution in [0.5, 0.6) is 0 Å². The van der Waals surface area contributed by atoms with Crippen LogP contribution in [0, 0.1) is 12.7 Å². The minimum Gasteiger partial charge on any atom is -0.478 e. The van der Waals surface area contributed by atoms with Gasteiger partial charge in [0.05, 0.1) is 17.9 Å². The van der Waals surface area contributed by atoms with Gasteiger partial charge in [0, 0.05) is 19.6 Å². The Kier molecular flexibility index (Phi) is 4.94. The summed E-state index contributed by atoms with van der Waals surface area (Å²) in [6, 6.07) is 7.15. The minimum atomic E-state index is -0.930. The molecule has 0 bridgehead atoms. The van der Waals surface area contributed by atoms with Gasteiger partial charge in [0.25, 0.3) is 0 Å². The van der Waals surface area contributed by atoms with Gasteiger partial charge in [0.1, 0.15) is 11.4 Å². The van der Waals surface area contributed by atoms with Crippen LogP contribution in [0.15, 0.2) is 30.5 Å². The lowest BCUT2D eigenvalue weighted by Crippen LogP contribution is -2.36. The van der Waals surface area contributed by atoms with Crippen LogP contribution in [-0.4, -0.2) is 45.4 Å². The Balaban J connectivity index is 1.54. The minimum absolute atomic E-state index is 0.138. The molecule has 0 aliphatic carbocycles. The number of nitrogens with zero attached hydrogens (tertiary/aromatic N) is 3. The number of benzene rings is 1. The maximum Gasteiger partial charge on any atom is 0.339 e. The maximum atomic E-state index is 13.7. The molecule has 0 spiro atoms. The molecule has 5 nitrogen and oxygen atoms in total. The molecule has 24 heavy (non-hydrogen) atoms. The molecule has 2 aromatic rings. The second-order valence-electron chi connectivity index (χ2n) is 6.31. The summed E-state index contributed by atoms with van der Waals surface area (Å²) in [4.78, 5) is 13.5. The summed E-state index contributed by atoms with van der Waals surface area (Å²) < 4.78 is 15.5. The first kappa shape index (κ1) is 16.6. The number of aromatic nitrogens is 2. The highest BCUT2D eigenvalue weighted by molar-refractivity contribution is 5.88. The molecule has 0 radical (unpaired) electrons. The first-order valence-corrected chi connectivity index (χ1v) is 8.29. The highest BCUT2D eigenvalue weighted by Gasteiger charge is 2.24. The highest BCUT2D eigenvalue weighted by Crippen LogP contribution is 2.24. The quantitative estimate of drug-likeness (QED) is 0.915. The Morgan fingerprint density at radius 2 is 2.04 bits per heavy atom. The maximum absolute atomic E-state index is 13.7. The average molecular weight is 331 g/mol. The zero-order chi connectivity index (χ0) is 17.1. The molecule has 0 amide bonds. The van der Waals surface area contributed by atoms with E-state index in [1.165, 1.54) is 12.3 Å². The van der Waals surface area contributed by atoms with Crippen LogP contribution in [0.2, 0.25) is 0 Å². The number of hydrogen-bond donors (Lipinski definition) is 1. The van der Waals surface area contributed by atoms with Crippen molar-refractivity contribution in [2.75, 3.05) is 19.6 Å².